The second-order valence-corrected chi connectivity index (χ2v) is 4.46. The average molecular weight is 282 g/mol. The molecular formula is C13H22N4O3. The summed E-state index contributed by atoms with van der Waals surface area (Å²) in [5, 5.41) is 15.4. The fraction of sp³-hybridized carbons (Fsp3) is 0.615. The number of carbonyl (C=O) groups excluding carboxylic acids is 1. The van der Waals surface area contributed by atoms with E-state index in [2.05, 4.69) is 29.2 Å². The van der Waals surface area contributed by atoms with Crippen molar-refractivity contribution in [2.24, 2.45) is 0 Å². The Morgan fingerprint density at radius 1 is 1.40 bits per heavy atom. The van der Waals surface area contributed by atoms with Crippen LogP contribution in [0.2, 0.25) is 0 Å². The van der Waals surface area contributed by atoms with Gasteiger partial charge in [-0.15, -0.1) is 0 Å². The highest BCUT2D eigenvalue weighted by Crippen LogP contribution is 1.97. The molecule has 2 N–H and O–H groups in total. The molecule has 0 unspecified atom stereocenters. The van der Waals surface area contributed by atoms with E-state index in [1.54, 1.807) is 0 Å². The predicted octanol–water partition coefficient (Wildman–Crippen LogP) is 0.429. The number of rotatable bonds is 9. The van der Waals surface area contributed by atoms with Crippen molar-refractivity contribution in [3.05, 3.63) is 18.0 Å². The first kappa shape index (κ1) is 16.2. The molecule has 7 nitrogen and oxygen atoms in total. The Bertz CT molecular complexity index is 441. The zero-order chi connectivity index (χ0) is 15.0. The van der Waals surface area contributed by atoms with E-state index in [9.17, 15) is 9.59 Å². The first-order valence-corrected chi connectivity index (χ1v) is 6.81. The van der Waals surface area contributed by atoms with Gasteiger partial charge in [0.1, 0.15) is 6.54 Å². The van der Waals surface area contributed by atoms with Gasteiger partial charge in [0.2, 0.25) is 5.91 Å². The molecule has 7 heteroatoms. The number of carboxylic acids is 1. The third-order valence-electron chi connectivity index (χ3n) is 3.05. The number of amides is 1. The molecule has 0 aliphatic heterocycles. The molecule has 0 atom stereocenters. The van der Waals surface area contributed by atoms with Crippen LogP contribution in [0.25, 0.3) is 0 Å². The first-order valence-electron chi connectivity index (χ1n) is 6.81. The number of nitrogens with one attached hydrogen (secondary N) is 1. The zero-order valence-electron chi connectivity index (χ0n) is 12.0. The van der Waals surface area contributed by atoms with Crippen LogP contribution in [-0.2, 0) is 11.3 Å². The summed E-state index contributed by atoms with van der Waals surface area (Å²) >= 11 is 0. The highest BCUT2D eigenvalue weighted by molar-refractivity contribution is 5.87. The molecule has 0 saturated carbocycles. The molecule has 0 saturated heterocycles. The van der Waals surface area contributed by atoms with E-state index in [0.29, 0.717) is 6.54 Å². The Morgan fingerprint density at radius 3 is 2.65 bits per heavy atom. The van der Waals surface area contributed by atoms with Gasteiger partial charge in [0.05, 0.1) is 11.8 Å². The Labute approximate surface area is 118 Å². The number of aromatic nitrogens is 2. The van der Waals surface area contributed by atoms with E-state index < -0.39 is 5.97 Å². The van der Waals surface area contributed by atoms with Gasteiger partial charge in [-0.3, -0.25) is 9.48 Å². The van der Waals surface area contributed by atoms with Crippen molar-refractivity contribution >= 4 is 11.9 Å². The average Bonchev–Trinajstić information content (AvgIpc) is 2.87. The van der Waals surface area contributed by atoms with Crippen molar-refractivity contribution in [1.29, 1.82) is 0 Å². The van der Waals surface area contributed by atoms with Crippen LogP contribution in [0.4, 0.5) is 0 Å². The van der Waals surface area contributed by atoms with Crippen LogP contribution < -0.4 is 5.32 Å². The minimum Gasteiger partial charge on any atom is -0.478 e. The molecule has 1 heterocycles. The van der Waals surface area contributed by atoms with Crippen LogP contribution in [0.3, 0.4) is 0 Å². The molecular weight excluding hydrogens is 260 g/mol. The van der Waals surface area contributed by atoms with E-state index in [0.717, 1.165) is 26.1 Å². The summed E-state index contributed by atoms with van der Waals surface area (Å²) in [6.07, 6.45) is 3.47. The third-order valence-corrected chi connectivity index (χ3v) is 3.05. The third kappa shape index (κ3) is 5.40. The van der Waals surface area contributed by atoms with Gasteiger partial charge in [0.15, 0.2) is 0 Å². The summed E-state index contributed by atoms with van der Waals surface area (Å²) in [4.78, 5) is 24.6. The SMILES string of the molecule is CCN(CC)CCCNC(=O)Cn1cc(C(=O)O)cn1. The van der Waals surface area contributed by atoms with Gasteiger partial charge in [-0.2, -0.15) is 5.10 Å². The first-order chi connectivity index (χ1) is 9.56. The summed E-state index contributed by atoms with van der Waals surface area (Å²) in [6, 6.07) is 0. The smallest absolute Gasteiger partial charge is 0.338 e. The van der Waals surface area contributed by atoms with Crippen molar-refractivity contribution < 1.29 is 14.7 Å². The summed E-state index contributed by atoms with van der Waals surface area (Å²) < 4.78 is 1.32. The summed E-state index contributed by atoms with van der Waals surface area (Å²) in [6.45, 7) is 7.85. The number of aromatic carboxylic acids is 1. The van der Waals surface area contributed by atoms with Crippen molar-refractivity contribution in [3.8, 4) is 0 Å². The fourth-order valence-corrected chi connectivity index (χ4v) is 1.83. The Kier molecular flexibility index (Phi) is 6.72. The van der Waals surface area contributed by atoms with Crippen LogP contribution in [0, 0.1) is 0 Å². The largest absolute Gasteiger partial charge is 0.478 e. The molecule has 0 aromatic carbocycles. The molecule has 0 aliphatic carbocycles. The fourth-order valence-electron chi connectivity index (χ4n) is 1.83. The van der Waals surface area contributed by atoms with Crippen LogP contribution in [0.15, 0.2) is 12.4 Å². The number of carboxylic acid groups (broad SMARTS) is 1. The Hall–Kier alpha value is -1.89. The lowest BCUT2D eigenvalue weighted by atomic mass is 10.3. The molecule has 1 aromatic heterocycles. The quantitative estimate of drug-likeness (QED) is 0.641. The van der Waals surface area contributed by atoms with Crippen LogP contribution in [0.1, 0.15) is 30.6 Å². The van der Waals surface area contributed by atoms with Gasteiger partial charge < -0.3 is 15.3 Å². The van der Waals surface area contributed by atoms with Gasteiger partial charge in [-0.05, 0) is 26.1 Å². The maximum atomic E-state index is 11.6. The van der Waals surface area contributed by atoms with Gasteiger partial charge in [0, 0.05) is 12.7 Å². The number of carbonyl (C=O) groups is 2. The van der Waals surface area contributed by atoms with Gasteiger partial charge in [-0.1, -0.05) is 13.8 Å². The molecule has 0 bridgehead atoms. The highest BCUT2D eigenvalue weighted by Gasteiger charge is 2.08. The molecule has 1 aromatic rings. The number of hydrogen-bond acceptors (Lipinski definition) is 4. The molecule has 0 fully saturated rings. The lowest BCUT2D eigenvalue weighted by Gasteiger charge is -2.17. The van der Waals surface area contributed by atoms with Crippen LogP contribution >= 0.6 is 0 Å². The van der Waals surface area contributed by atoms with E-state index in [1.807, 2.05) is 0 Å². The summed E-state index contributed by atoms with van der Waals surface area (Å²) in [5.41, 5.74) is 0.0827. The molecule has 20 heavy (non-hydrogen) atoms. The maximum absolute atomic E-state index is 11.6. The molecule has 0 aliphatic rings. The number of hydrogen-bond donors (Lipinski definition) is 2. The molecule has 1 amide bonds. The predicted molar refractivity (Wildman–Crippen MR) is 74.6 cm³/mol. The molecule has 0 radical (unpaired) electrons. The van der Waals surface area contributed by atoms with Gasteiger partial charge >= 0.3 is 5.97 Å². The van der Waals surface area contributed by atoms with Crippen molar-refractivity contribution in [3.63, 3.8) is 0 Å². The zero-order valence-corrected chi connectivity index (χ0v) is 12.0. The summed E-state index contributed by atoms with van der Waals surface area (Å²) in [7, 11) is 0. The van der Waals surface area contributed by atoms with Gasteiger partial charge in [-0.25, -0.2) is 4.79 Å². The summed E-state index contributed by atoms with van der Waals surface area (Å²) in [5.74, 6) is -1.21. The minimum atomic E-state index is -1.05. The van der Waals surface area contributed by atoms with Crippen LogP contribution in [-0.4, -0.2) is 57.8 Å². The minimum absolute atomic E-state index is 0.0402. The van der Waals surface area contributed by atoms with E-state index in [4.69, 9.17) is 5.11 Å². The number of nitrogens with zero attached hydrogens (tertiary/aromatic N) is 3. The highest BCUT2D eigenvalue weighted by atomic mass is 16.4. The Balaban J connectivity index is 2.24. The second kappa shape index (κ2) is 8.31. The van der Waals surface area contributed by atoms with Crippen molar-refractivity contribution in [1.82, 2.24) is 20.0 Å². The lowest BCUT2D eigenvalue weighted by Crippen LogP contribution is -2.31. The van der Waals surface area contributed by atoms with E-state index in [-0.39, 0.29) is 18.0 Å². The standard InChI is InChI=1S/C13H22N4O3/c1-3-16(4-2)7-5-6-14-12(18)10-17-9-11(8-15-17)13(19)20/h8-9H,3-7,10H2,1-2H3,(H,14,18)(H,19,20). The van der Waals surface area contributed by atoms with E-state index >= 15 is 0 Å². The van der Waals surface area contributed by atoms with Gasteiger partial charge in [0.25, 0.3) is 0 Å². The van der Waals surface area contributed by atoms with Crippen LogP contribution in [0.5, 0.6) is 0 Å². The van der Waals surface area contributed by atoms with E-state index in [1.165, 1.54) is 17.1 Å². The maximum Gasteiger partial charge on any atom is 0.338 e. The lowest BCUT2D eigenvalue weighted by molar-refractivity contribution is -0.121. The normalized spacial score (nSPS) is 10.8. The molecule has 1 rings (SSSR count). The van der Waals surface area contributed by atoms with Crippen molar-refractivity contribution in [2.75, 3.05) is 26.2 Å². The molecule has 112 valence electrons. The molecule has 0 spiro atoms. The Morgan fingerprint density at radius 2 is 2.10 bits per heavy atom. The topological polar surface area (TPSA) is 87.5 Å². The van der Waals surface area contributed by atoms with Crippen molar-refractivity contribution in [2.45, 2.75) is 26.8 Å². The second-order valence-electron chi connectivity index (χ2n) is 4.46. The monoisotopic (exact) mass is 282 g/mol.